The van der Waals surface area contributed by atoms with Crippen LogP contribution in [0.5, 0.6) is 0 Å². The zero-order chi connectivity index (χ0) is 15.2. The molecule has 2 aromatic rings. The molecule has 0 spiro atoms. The van der Waals surface area contributed by atoms with E-state index in [9.17, 15) is 8.78 Å². The highest BCUT2D eigenvalue weighted by atomic mass is 35.5. The number of hydrogen-bond acceptors (Lipinski definition) is 3. The van der Waals surface area contributed by atoms with Crippen LogP contribution < -0.4 is 11.3 Å². The Bertz CT molecular complexity index is 593. The van der Waals surface area contributed by atoms with Gasteiger partial charge in [-0.1, -0.05) is 17.7 Å². The van der Waals surface area contributed by atoms with E-state index in [1.807, 2.05) is 0 Å². The van der Waals surface area contributed by atoms with Crippen LogP contribution in [-0.2, 0) is 6.42 Å². The average Bonchev–Trinajstić information content (AvgIpc) is 2.47. The van der Waals surface area contributed by atoms with Crippen LogP contribution in [0.15, 0.2) is 47.4 Å². The molecule has 0 radical (unpaired) electrons. The van der Waals surface area contributed by atoms with Crippen LogP contribution in [0.1, 0.15) is 5.56 Å². The number of benzene rings is 2. The summed E-state index contributed by atoms with van der Waals surface area (Å²) >= 11 is 7.57. The van der Waals surface area contributed by atoms with Crippen molar-refractivity contribution in [2.75, 3.05) is 5.75 Å². The van der Waals surface area contributed by atoms with E-state index >= 15 is 0 Å². The summed E-state index contributed by atoms with van der Waals surface area (Å²) in [4.78, 5) is 0.960. The van der Waals surface area contributed by atoms with E-state index < -0.39 is 0 Å². The highest BCUT2D eigenvalue weighted by molar-refractivity contribution is 7.99. The minimum absolute atomic E-state index is 0.0250. The molecule has 0 bridgehead atoms. The van der Waals surface area contributed by atoms with Gasteiger partial charge in [-0.3, -0.25) is 11.3 Å². The van der Waals surface area contributed by atoms with Crippen molar-refractivity contribution in [3.63, 3.8) is 0 Å². The van der Waals surface area contributed by atoms with Gasteiger partial charge >= 0.3 is 0 Å². The number of halogens is 3. The first-order valence-electron chi connectivity index (χ1n) is 6.37. The molecule has 0 aliphatic heterocycles. The fourth-order valence-corrected chi connectivity index (χ4v) is 3.03. The van der Waals surface area contributed by atoms with Gasteiger partial charge in [0.25, 0.3) is 0 Å². The molecule has 21 heavy (non-hydrogen) atoms. The summed E-state index contributed by atoms with van der Waals surface area (Å²) in [6.07, 6.45) is 0.587. The Hall–Kier alpha value is -1.14. The molecule has 0 saturated heterocycles. The molecule has 2 nitrogen and oxygen atoms in total. The fourth-order valence-electron chi connectivity index (χ4n) is 1.85. The Kier molecular flexibility index (Phi) is 5.99. The van der Waals surface area contributed by atoms with Crippen molar-refractivity contribution in [3.05, 3.63) is 64.7 Å². The summed E-state index contributed by atoms with van der Waals surface area (Å²) in [6, 6.07) is 10.6. The molecule has 112 valence electrons. The van der Waals surface area contributed by atoms with Crippen LogP contribution in [0.25, 0.3) is 0 Å². The van der Waals surface area contributed by atoms with Crippen molar-refractivity contribution in [3.8, 4) is 0 Å². The summed E-state index contributed by atoms with van der Waals surface area (Å²) in [7, 11) is 0. The van der Waals surface area contributed by atoms with E-state index in [1.54, 1.807) is 30.0 Å². The minimum Gasteiger partial charge on any atom is -0.271 e. The number of rotatable bonds is 6. The highest BCUT2D eigenvalue weighted by Crippen LogP contribution is 2.22. The van der Waals surface area contributed by atoms with Crippen molar-refractivity contribution < 1.29 is 8.78 Å². The molecule has 0 fully saturated rings. The van der Waals surface area contributed by atoms with E-state index in [0.29, 0.717) is 17.2 Å². The van der Waals surface area contributed by atoms with Crippen LogP contribution in [0, 0.1) is 11.6 Å². The van der Waals surface area contributed by atoms with Crippen molar-refractivity contribution in [2.45, 2.75) is 17.4 Å². The Balaban J connectivity index is 1.95. The third-order valence-electron chi connectivity index (χ3n) is 2.98. The average molecular weight is 329 g/mol. The van der Waals surface area contributed by atoms with E-state index in [0.717, 1.165) is 10.5 Å². The summed E-state index contributed by atoms with van der Waals surface area (Å²) in [5.41, 5.74) is 3.56. The smallest absolute Gasteiger partial charge is 0.124 e. The van der Waals surface area contributed by atoms with E-state index in [4.69, 9.17) is 17.4 Å². The Morgan fingerprint density at radius 1 is 1.10 bits per heavy atom. The third-order valence-corrected chi connectivity index (χ3v) is 4.51. The Morgan fingerprint density at radius 2 is 1.76 bits per heavy atom. The van der Waals surface area contributed by atoms with Gasteiger partial charge in [0, 0.05) is 21.7 Å². The second kappa shape index (κ2) is 7.75. The molecule has 0 aromatic heterocycles. The summed E-state index contributed by atoms with van der Waals surface area (Å²) in [5.74, 6) is 5.62. The van der Waals surface area contributed by atoms with E-state index in [1.165, 1.54) is 24.3 Å². The molecular weight excluding hydrogens is 314 g/mol. The molecule has 2 rings (SSSR count). The van der Waals surface area contributed by atoms with Gasteiger partial charge in [0.2, 0.25) is 0 Å². The molecule has 1 unspecified atom stereocenters. The van der Waals surface area contributed by atoms with Crippen LogP contribution in [0.2, 0.25) is 5.02 Å². The zero-order valence-electron chi connectivity index (χ0n) is 11.2. The zero-order valence-corrected chi connectivity index (χ0v) is 12.7. The highest BCUT2D eigenvalue weighted by Gasteiger charge is 2.11. The van der Waals surface area contributed by atoms with Gasteiger partial charge in [0.05, 0.1) is 0 Å². The topological polar surface area (TPSA) is 38.0 Å². The van der Waals surface area contributed by atoms with Crippen LogP contribution in [-0.4, -0.2) is 11.8 Å². The van der Waals surface area contributed by atoms with Crippen LogP contribution >= 0.6 is 23.4 Å². The van der Waals surface area contributed by atoms with Gasteiger partial charge in [0.15, 0.2) is 0 Å². The summed E-state index contributed by atoms with van der Waals surface area (Å²) in [6.45, 7) is 0. The predicted octanol–water partition coefficient (Wildman–Crippen LogP) is 3.78. The maximum atomic E-state index is 13.0. The van der Waals surface area contributed by atoms with Crippen LogP contribution in [0.3, 0.4) is 0 Å². The molecule has 3 N–H and O–H groups in total. The number of thioether (sulfide) groups is 1. The minimum atomic E-state index is -0.360. The Labute approximate surface area is 131 Å². The van der Waals surface area contributed by atoms with Gasteiger partial charge in [-0.15, -0.1) is 11.8 Å². The molecule has 6 heteroatoms. The van der Waals surface area contributed by atoms with Crippen molar-refractivity contribution in [2.24, 2.45) is 5.84 Å². The van der Waals surface area contributed by atoms with Gasteiger partial charge in [-0.05, 0) is 48.4 Å². The summed E-state index contributed by atoms with van der Waals surface area (Å²) in [5, 5.41) is 0.391. The van der Waals surface area contributed by atoms with Crippen molar-refractivity contribution >= 4 is 23.4 Å². The number of hydrogen-bond donors (Lipinski definition) is 2. The van der Waals surface area contributed by atoms with Gasteiger partial charge in [-0.25, -0.2) is 8.78 Å². The predicted molar refractivity (Wildman–Crippen MR) is 83.3 cm³/mol. The van der Waals surface area contributed by atoms with E-state index in [-0.39, 0.29) is 17.7 Å². The standard InChI is InChI=1S/C15H15ClF2N2S/c16-15-8-12(18)2-1-10(15)7-13(20-19)9-21-14-5-3-11(17)4-6-14/h1-6,8,13,20H,7,9,19H2. The quantitative estimate of drug-likeness (QED) is 0.481. The van der Waals surface area contributed by atoms with Gasteiger partial charge in [0.1, 0.15) is 11.6 Å². The van der Waals surface area contributed by atoms with Crippen molar-refractivity contribution in [1.82, 2.24) is 5.43 Å². The van der Waals surface area contributed by atoms with Gasteiger partial charge in [-0.2, -0.15) is 0 Å². The molecule has 0 heterocycles. The van der Waals surface area contributed by atoms with Crippen molar-refractivity contribution in [1.29, 1.82) is 0 Å². The molecule has 2 aromatic carbocycles. The summed E-state index contributed by atoms with van der Waals surface area (Å²) < 4.78 is 25.8. The lowest BCUT2D eigenvalue weighted by Gasteiger charge is -2.16. The molecule has 0 aliphatic rings. The first-order valence-corrected chi connectivity index (χ1v) is 7.73. The first kappa shape index (κ1) is 16.2. The Morgan fingerprint density at radius 3 is 2.38 bits per heavy atom. The van der Waals surface area contributed by atoms with E-state index in [2.05, 4.69) is 5.43 Å². The lowest BCUT2D eigenvalue weighted by Crippen LogP contribution is -2.38. The molecule has 0 saturated carbocycles. The molecule has 1 atom stereocenters. The van der Waals surface area contributed by atoms with Gasteiger partial charge < -0.3 is 0 Å². The van der Waals surface area contributed by atoms with Crippen LogP contribution in [0.4, 0.5) is 8.78 Å². The SMILES string of the molecule is NNC(CSc1ccc(F)cc1)Cc1ccc(F)cc1Cl. The normalized spacial score (nSPS) is 12.4. The second-order valence-corrected chi connectivity index (χ2v) is 6.07. The maximum absolute atomic E-state index is 13.0. The number of nitrogens with one attached hydrogen (secondary N) is 1. The lowest BCUT2D eigenvalue weighted by atomic mass is 10.1. The maximum Gasteiger partial charge on any atom is 0.124 e. The molecular formula is C15H15ClF2N2S. The molecule has 0 amide bonds. The second-order valence-electron chi connectivity index (χ2n) is 4.57. The molecule has 0 aliphatic carbocycles. The fraction of sp³-hybridized carbons (Fsp3) is 0.200. The largest absolute Gasteiger partial charge is 0.271 e. The number of hydrazine groups is 1. The third kappa shape index (κ3) is 4.97. The monoisotopic (exact) mass is 328 g/mol. The number of nitrogens with two attached hydrogens (primary N) is 1. The first-order chi connectivity index (χ1) is 10.1. The lowest BCUT2D eigenvalue weighted by molar-refractivity contribution is 0.573.